The third kappa shape index (κ3) is 3.83. The number of aromatic nitrogens is 1. The summed E-state index contributed by atoms with van der Waals surface area (Å²) in [4.78, 5) is 7.02. The van der Waals surface area contributed by atoms with Crippen molar-refractivity contribution in [2.75, 3.05) is 30.4 Å². The molecule has 1 aliphatic rings. The number of hydrogen-bond donors (Lipinski definition) is 1. The summed E-state index contributed by atoms with van der Waals surface area (Å²) in [5.41, 5.74) is 3.97. The maximum absolute atomic E-state index is 12.5. The molecule has 1 aliphatic heterocycles. The molecule has 0 spiro atoms. The molecule has 0 aliphatic carbocycles. The van der Waals surface area contributed by atoms with Crippen LogP contribution in [0.2, 0.25) is 0 Å². The number of rotatable bonds is 4. The lowest BCUT2D eigenvalue weighted by Gasteiger charge is -2.19. The van der Waals surface area contributed by atoms with E-state index >= 15 is 0 Å². The zero-order chi connectivity index (χ0) is 19.7. The van der Waals surface area contributed by atoms with Crippen LogP contribution >= 0.6 is 0 Å². The zero-order valence-corrected chi connectivity index (χ0v) is 15.4. The molecule has 3 aromatic rings. The van der Waals surface area contributed by atoms with Gasteiger partial charge in [-0.2, -0.15) is 0 Å². The SMILES string of the molecule is CNc1cc(-c2cccc(OC(F)(F)F)c2)nc2ccc(N3CCCC3)cc12. The lowest BCUT2D eigenvalue weighted by Crippen LogP contribution is -2.17. The highest BCUT2D eigenvalue weighted by molar-refractivity contribution is 5.96. The fourth-order valence-corrected chi connectivity index (χ4v) is 3.59. The number of fused-ring (bicyclic) bond motifs is 1. The molecule has 2 aromatic carbocycles. The maximum Gasteiger partial charge on any atom is 0.573 e. The van der Waals surface area contributed by atoms with Gasteiger partial charge in [-0.05, 0) is 49.2 Å². The third-order valence-corrected chi connectivity index (χ3v) is 4.90. The minimum Gasteiger partial charge on any atom is -0.406 e. The van der Waals surface area contributed by atoms with Crippen LogP contribution < -0.4 is 15.0 Å². The Bertz CT molecular complexity index is 998. The normalized spacial score (nSPS) is 14.5. The molecule has 1 fully saturated rings. The predicted molar refractivity (Wildman–Crippen MR) is 105 cm³/mol. The highest BCUT2D eigenvalue weighted by Gasteiger charge is 2.31. The number of alkyl halides is 3. The van der Waals surface area contributed by atoms with Gasteiger partial charge in [-0.1, -0.05) is 12.1 Å². The van der Waals surface area contributed by atoms with Crippen molar-refractivity contribution in [3.8, 4) is 17.0 Å². The molecule has 146 valence electrons. The number of benzene rings is 2. The van der Waals surface area contributed by atoms with Crippen LogP contribution in [-0.2, 0) is 0 Å². The van der Waals surface area contributed by atoms with E-state index in [2.05, 4.69) is 26.0 Å². The Morgan fingerprint density at radius 1 is 1.04 bits per heavy atom. The fraction of sp³-hybridized carbons (Fsp3) is 0.286. The van der Waals surface area contributed by atoms with Crippen molar-refractivity contribution >= 4 is 22.3 Å². The zero-order valence-electron chi connectivity index (χ0n) is 15.4. The van der Waals surface area contributed by atoms with Crippen molar-refractivity contribution in [1.82, 2.24) is 4.98 Å². The smallest absolute Gasteiger partial charge is 0.406 e. The second-order valence-corrected chi connectivity index (χ2v) is 6.78. The molecule has 4 nitrogen and oxygen atoms in total. The molecule has 0 bridgehead atoms. The van der Waals surface area contributed by atoms with Crippen LogP contribution in [-0.4, -0.2) is 31.5 Å². The monoisotopic (exact) mass is 387 g/mol. The first-order valence-corrected chi connectivity index (χ1v) is 9.17. The number of nitrogens with zero attached hydrogens (tertiary/aromatic N) is 2. The first-order chi connectivity index (χ1) is 13.4. The number of ether oxygens (including phenoxy) is 1. The molecule has 4 rings (SSSR count). The Kier molecular flexibility index (Phi) is 4.75. The largest absolute Gasteiger partial charge is 0.573 e. The average molecular weight is 387 g/mol. The summed E-state index contributed by atoms with van der Waals surface area (Å²) in [5, 5.41) is 4.17. The first kappa shape index (κ1) is 18.4. The molecular weight excluding hydrogens is 367 g/mol. The number of halogens is 3. The van der Waals surface area contributed by atoms with Crippen LogP contribution in [0.25, 0.3) is 22.2 Å². The van der Waals surface area contributed by atoms with Crippen LogP contribution in [0.5, 0.6) is 5.75 Å². The van der Waals surface area contributed by atoms with E-state index in [1.807, 2.05) is 25.2 Å². The summed E-state index contributed by atoms with van der Waals surface area (Å²) in [7, 11) is 1.82. The fourth-order valence-electron chi connectivity index (χ4n) is 3.59. The standard InChI is InChI=1S/C21H20F3N3O/c1-25-20-13-19(14-5-4-6-16(11-14)28-21(22,23)24)26-18-8-7-15(12-17(18)20)27-9-2-3-10-27/h4-8,11-13H,2-3,9-10H2,1H3,(H,25,26). The molecule has 0 amide bonds. The average Bonchev–Trinajstić information content (AvgIpc) is 3.20. The Morgan fingerprint density at radius 2 is 1.82 bits per heavy atom. The van der Waals surface area contributed by atoms with E-state index in [0.717, 1.165) is 35.4 Å². The predicted octanol–water partition coefficient (Wildman–Crippen LogP) is 5.44. The summed E-state index contributed by atoms with van der Waals surface area (Å²) in [6.07, 6.45) is -2.33. The van der Waals surface area contributed by atoms with Gasteiger partial charge in [0.15, 0.2) is 0 Å². The van der Waals surface area contributed by atoms with E-state index in [-0.39, 0.29) is 5.75 Å². The Hall–Kier alpha value is -2.96. The van der Waals surface area contributed by atoms with Gasteiger partial charge in [-0.3, -0.25) is 0 Å². The van der Waals surface area contributed by atoms with E-state index in [1.165, 1.54) is 31.0 Å². The molecular formula is C21H20F3N3O. The Morgan fingerprint density at radius 3 is 2.54 bits per heavy atom. The van der Waals surface area contributed by atoms with Crippen molar-refractivity contribution < 1.29 is 17.9 Å². The van der Waals surface area contributed by atoms with E-state index in [4.69, 9.17) is 0 Å². The van der Waals surface area contributed by atoms with E-state index < -0.39 is 6.36 Å². The number of hydrogen-bond acceptors (Lipinski definition) is 4. The molecule has 0 atom stereocenters. The minimum atomic E-state index is -4.72. The van der Waals surface area contributed by atoms with Crippen LogP contribution in [0, 0.1) is 0 Å². The van der Waals surface area contributed by atoms with Gasteiger partial charge in [0, 0.05) is 42.5 Å². The van der Waals surface area contributed by atoms with Crippen molar-refractivity contribution in [2.45, 2.75) is 19.2 Å². The second kappa shape index (κ2) is 7.22. The topological polar surface area (TPSA) is 37.4 Å². The van der Waals surface area contributed by atoms with Gasteiger partial charge in [0.1, 0.15) is 5.75 Å². The van der Waals surface area contributed by atoms with Gasteiger partial charge in [0.2, 0.25) is 0 Å². The molecule has 1 aromatic heterocycles. The number of nitrogens with one attached hydrogen (secondary N) is 1. The highest BCUT2D eigenvalue weighted by Crippen LogP contribution is 2.33. The van der Waals surface area contributed by atoms with Gasteiger partial charge >= 0.3 is 6.36 Å². The molecule has 2 heterocycles. The summed E-state index contributed by atoms with van der Waals surface area (Å²) < 4.78 is 41.6. The van der Waals surface area contributed by atoms with Gasteiger partial charge in [0.05, 0.1) is 11.2 Å². The Labute approximate surface area is 160 Å². The van der Waals surface area contributed by atoms with Gasteiger partial charge in [-0.15, -0.1) is 13.2 Å². The van der Waals surface area contributed by atoms with Crippen LogP contribution in [0.1, 0.15) is 12.8 Å². The molecule has 0 unspecified atom stereocenters. The van der Waals surface area contributed by atoms with Crippen LogP contribution in [0.4, 0.5) is 24.5 Å². The van der Waals surface area contributed by atoms with Crippen molar-refractivity contribution in [3.63, 3.8) is 0 Å². The highest BCUT2D eigenvalue weighted by atomic mass is 19.4. The summed E-state index contributed by atoms with van der Waals surface area (Å²) in [6.45, 7) is 2.11. The third-order valence-electron chi connectivity index (χ3n) is 4.90. The van der Waals surface area contributed by atoms with E-state index in [9.17, 15) is 13.2 Å². The number of anilines is 2. The van der Waals surface area contributed by atoms with Gasteiger partial charge in [0.25, 0.3) is 0 Å². The number of pyridine rings is 1. The van der Waals surface area contributed by atoms with Crippen molar-refractivity contribution in [3.05, 3.63) is 48.5 Å². The minimum absolute atomic E-state index is 0.262. The summed E-state index contributed by atoms with van der Waals surface area (Å²) in [5.74, 6) is -0.262. The van der Waals surface area contributed by atoms with Crippen molar-refractivity contribution in [2.24, 2.45) is 0 Å². The molecule has 1 N–H and O–H groups in total. The maximum atomic E-state index is 12.5. The van der Waals surface area contributed by atoms with Crippen molar-refractivity contribution in [1.29, 1.82) is 0 Å². The van der Waals surface area contributed by atoms with E-state index in [0.29, 0.717) is 11.3 Å². The quantitative estimate of drug-likeness (QED) is 0.647. The van der Waals surface area contributed by atoms with E-state index in [1.54, 1.807) is 6.07 Å². The first-order valence-electron chi connectivity index (χ1n) is 9.17. The lowest BCUT2D eigenvalue weighted by molar-refractivity contribution is -0.274. The molecule has 0 radical (unpaired) electrons. The summed E-state index contributed by atoms with van der Waals surface area (Å²) in [6, 6.07) is 13.8. The van der Waals surface area contributed by atoms with Crippen LogP contribution in [0.15, 0.2) is 48.5 Å². The molecule has 7 heteroatoms. The van der Waals surface area contributed by atoms with Crippen LogP contribution in [0.3, 0.4) is 0 Å². The Balaban J connectivity index is 1.74. The van der Waals surface area contributed by atoms with Gasteiger partial charge < -0.3 is 15.0 Å². The molecule has 28 heavy (non-hydrogen) atoms. The molecule has 1 saturated heterocycles. The van der Waals surface area contributed by atoms with Gasteiger partial charge in [-0.25, -0.2) is 4.98 Å². The second-order valence-electron chi connectivity index (χ2n) is 6.78. The summed E-state index contributed by atoms with van der Waals surface area (Å²) >= 11 is 0. The lowest BCUT2D eigenvalue weighted by atomic mass is 10.1. The molecule has 0 saturated carbocycles.